The number of hydrogen-bond donors (Lipinski definition) is 1. The van der Waals surface area contributed by atoms with Crippen LogP contribution in [0.3, 0.4) is 0 Å². The summed E-state index contributed by atoms with van der Waals surface area (Å²) >= 11 is 2.95. The third-order valence-corrected chi connectivity index (χ3v) is 4.12. The number of nitrogens with one attached hydrogen (secondary N) is 1. The quantitative estimate of drug-likeness (QED) is 0.509. The van der Waals surface area contributed by atoms with Crippen LogP contribution in [0.25, 0.3) is 0 Å². The van der Waals surface area contributed by atoms with Crippen molar-refractivity contribution < 1.29 is 13.2 Å². The Morgan fingerprint density at radius 1 is 1.14 bits per heavy atom. The molecule has 0 radical (unpaired) electrons. The molecule has 0 bridgehead atoms. The minimum absolute atomic E-state index is 0.0766. The molecule has 0 saturated carbocycles. The normalized spacial score (nSPS) is 13.2. The van der Waals surface area contributed by atoms with Gasteiger partial charge in [-0.3, -0.25) is 0 Å². The fourth-order valence-electron chi connectivity index (χ4n) is 2.24. The van der Waals surface area contributed by atoms with Gasteiger partial charge in [-0.1, -0.05) is 55.0 Å². The number of hydrogen-bond acceptors (Lipinski definition) is 1. The second kappa shape index (κ2) is 8.66. The molecule has 0 spiro atoms. The lowest BCUT2D eigenvalue weighted by molar-refractivity contribution is -0.138. The summed E-state index contributed by atoms with van der Waals surface area (Å²) in [5.41, 5.74) is -0.116. The van der Waals surface area contributed by atoms with Gasteiger partial charge in [0, 0.05) is 16.2 Å². The molecule has 1 unspecified atom stereocenters. The number of benzene rings is 1. The fraction of sp³-hybridized carbons (Fsp3) is 0.625. The highest BCUT2D eigenvalue weighted by Crippen LogP contribution is 2.36. The molecule has 5 heteroatoms. The van der Waals surface area contributed by atoms with E-state index in [4.69, 9.17) is 0 Å². The third-order valence-electron chi connectivity index (χ3n) is 3.43. The maximum Gasteiger partial charge on any atom is 0.417 e. The van der Waals surface area contributed by atoms with Crippen LogP contribution in [0.5, 0.6) is 0 Å². The molecular weight excluding hydrogens is 343 g/mol. The predicted molar refractivity (Wildman–Crippen MR) is 85.6 cm³/mol. The van der Waals surface area contributed by atoms with E-state index in [1.807, 2.05) is 6.92 Å². The largest absolute Gasteiger partial charge is 0.417 e. The van der Waals surface area contributed by atoms with Crippen LogP contribution in [0.4, 0.5) is 18.9 Å². The molecule has 1 aromatic rings. The molecule has 21 heavy (non-hydrogen) atoms. The molecule has 1 aromatic carbocycles. The van der Waals surface area contributed by atoms with Gasteiger partial charge in [0.05, 0.1) is 5.56 Å². The van der Waals surface area contributed by atoms with Gasteiger partial charge in [-0.05, 0) is 31.5 Å². The zero-order chi connectivity index (χ0) is 15.9. The maximum absolute atomic E-state index is 12.8. The van der Waals surface area contributed by atoms with Gasteiger partial charge in [-0.25, -0.2) is 0 Å². The van der Waals surface area contributed by atoms with Crippen LogP contribution >= 0.6 is 15.9 Å². The SMILES string of the molecule is CCCCCCCC(C)Nc1ccc(Br)c(C(F)(F)F)c1. The molecule has 0 saturated heterocycles. The van der Waals surface area contributed by atoms with E-state index in [1.165, 1.54) is 31.7 Å². The van der Waals surface area contributed by atoms with Crippen LogP contribution in [0.1, 0.15) is 57.9 Å². The molecule has 0 aliphatic heterocycles. The standard InChI is InChI=1S/C16H23BrF3N/c1-3-4-5-6-7-8-12(2)21-13-9-10-15(17)14(11-13)16(18,19)20/h9-12,21H,3-8H2,1-2H3. The summed E-state index contributed by atoms with van der Waals surface area (Å²) in [6, 6.07) is 4.46. The summed E-state index contributed by atoms with van der Waals surface area (Å²) in [7, 11) is 0. The molecule has 0 aliphatic rings. The minimum Gasteiger partial charge on any atom is -0.383 e. The van der Waals surface area contributed by atoms with Crippen LogP contribution < -0.4 is 5.32 Å². The zero-order valence-corrected chi connectivity index (χ0v) is 14.1. The zero-order valence-electron chi connectivity index (χ0n) is 12.6. The molecule has 0 fully saturated rings. The van der Waals surface area contributed by atoms with Crippen molar-refractivity contribution in [3.63, 3.8) is 0 Å². The highest BCUT2D eigenvalue weighted by Gasteiger charge is 2.33. The fourth-order valence-corrected chi connectivity index (χ4v) is 2.71. The lowest BCUT2D eigenvalue weighted by atomic mass is 10.1. The van der Waals surface area contributed by atoms with Crippen LogP contribution in [0.15, 0.2) is 22.7 Å². The molecule has 0 aliphatic carbocycles. The van der Waals surface area contributed by atoms with Gasteiger partial charge in [0.25, 0.3) is 0 Å². The summed E-state index contributed by atoms with van der Waals surface area (Å²) in [6.45, 7) is 4.19. The van der Waals surface area contributed by atoms with Crippen molar-refractivity contribution in [2.75, 3.05) is 5.32 Å². The van der Waals surface area contributed by atoms with Crippen LogP contribution in [-0.4, -0.2) is 6.04 Å². The van der Waals surface area contributed by atoms with E-state index in [0.29, 0.717) is 5.69 Å². The monoisotopic (exact) mass is 365 g/mol. The smallest absolute Gasteiger partial charge is 0.383 e. The first kappa shape index (κ1) is 18.3. The van der Waals surface area contributed by atoms with Gasteiger partial charge in [0.2, 0.25) is 0 Å². The highest BCUT2D eigenvalue weighted by atomic mass is 79.9. The molecule has 1 rings (SSSR count). The van der Waals surface area contributed by atoms with Gasteiger partial charge in [0.1, 0.15) is 0 Å². The van der Waals surface area contributed by atoms with E-state index in [2.05, 4.69) is 28.2 Å². The second-order valence-corrected chi connectivity index (χ2v) is 6.29. The maximum atomic E-state index is 12.8. The van der Waals surface area contributed by atoms with Crippen LogP contribution in [0, 0.1) is 0 Å². The second-order valence-electron chi connectivity index (χ2n) is 5.44. The average molecular weight is 366 g/mol. The first-order chi connectivity index (χ1) is 9.84. The van der Waals surface area contributed by atoms with E-state index in [9.17, 15) is 13.2 Å². The summed E-state index contributed by atoms with van der Waals surface area (Å²) in [6.07, 6.45) is 2.64. The molecule has 0 amide bonds. The average Bonchev–Trinajstić information content (AvgIpc) is 2.39. The van der Waals surface area contributed by atoms with Crippen molar-refractivity contribution in [2.24, 2.45) is 0 Å². The topological polar surface area (TPSA) is 12.0 Å². The van der Waals surface area contributed by atoms with Gasteiger partial charge >= 0.3 is 6.18 Å². The Balaban J connectivity index is 2.51. The number of anilines is 1. The first-order valence-corrected chi connectivity index (χ1v) is 8.27. The Morgan fingerprint density at radius 2 is 1.81 bits per heavy atom. The van der Waals surface area contributed by atoms with E-state index in [-0.39, 0.29) is 10.5 Å². The van der Waals surface area contributed by atoms with Crippen molar-refractivity contribution in [3.05, 3.63) is 28.2 Å². The first-order valence-electron chi connectivity index (χ1n) is 7.48. The van der Waals surface area contributed by atoms with Crippen LogP contribution in [0.2, 0.25) is 0 Å². The van der Waals surface area contributed by atoms with Crippen LogP contribution in [-0.2, 0) is 6.18 Å². The third kappa shape index (κ3) is 6.72. The van der Waals surface area contributed by atoms with E-state index < -0.39 is 11.7 Å². The Hall–Kier alpha value is -0.710. The molecule has 1 N–H and O–H groups in total. The van der Waals surface area contributed by atoms with Crippen molar-refractivity contribution in [2.45, 2.75) is 64.6 Å². The van der Waals surface area contributed by atoms with Gasteiger partial charge < -0.3 is 5.32 Å². The predicted octanol–water partition coefficient (Wildman–Crippen LogP) is 6.63. The van der Waals surface area contributed by atoms with E-state index in [0.717, 1.165) is 18.9 Å². The Morgan fingerprint density at radius 3 is 2.43 bits per heavy atom. The lowest BCUT2D eigenvalue weighted by Gasteiger charge is -2.17. The van der Waals surface area contributed by atoms with Crippen molar-refractivity contribution in [1.29, 1.82) is 0 Å². The van der Waals surface area contributed by atoms with E-state index >= 15 is 0 Å². The Kier molecular flexibility index (Phi) is 7.57. The van der Waals surface area contributed by atoms with Gasteiger partial charge in [0.15, 0.2) is 0 Å². The van der Waals surface area contributed by atoms with Gasteiger partial charge in [-0.2, -0.15) is 13.2 Å². The number of halogens is 4. The van der Waals surface area contributed by atoms with Crippen molar-refractivity contribution in [1.82, 2.24) is 0 Å². The minimum atomic E-state index is -4.33. The summed E-state index contributed by atoms with van der Waals surface area (Å²) in [5.74, 6) is 0. The Labute approximate surface area is 133 Å². The molecular formula is C16H23BrF3N. The molecule has 1 nitrogen and oxygen atoms in total. The highest BCUT2D eigenvalue weighted by molar-refractivity contribution is 9.10. The van der Waals surface area contributed by atoms with Crippen molar-refractivity contribution in [3.8, 4) is 0 Å². The Bertz CT molecular complexity index is 432. The molecule has 1 atom stereocenters. The van der Waals surface area contributed by atoms with E-state index in [1.54, 1.807) is 6.07 Å². The molecule has 0 aromatic heterocycles. The molecule has 0 heterocycles. The van der Waals surface area contributed by atoms with Gasteiger partial charge in [-0.15, -0.1) is 0 Å². The summed E-state index contributed by atoms with van der Waals surface area (Å²) in [4.78, 5) is 0. The number of rotatable bonds is 8. The molecule has 120 valence electrons. The summed E-state index contributed by atoms with van der Waals surface area (Å²) < 4.78 is 38.6. The number of unbranched alkanes of at least 4 members (excludes halogenated alkanes) is 4. The number of alkyl halides is 3. The summed E-state index contributed by atoms with van der Waals surface area (Å²) in [5, 5.41) is 3.15. The van der Waals surface area contributed by atoms with Crippen molar-refractivity contribution >= 4 is 21.6 Å². The lowest BCUT2D eigenvalue weighted by Crippen LogP contribution is -2.16.